The maximum atomic E-state index is 8.35. The van der Waals surface area contributed by atoms with Crippen LogP contribution in [-0.2, 0) is 39.3 Å². The van der Waals surface area contributed by atoms with E-state index in [0.717, 1.165) is 0 Å². The molecule has 0 heterocycles. The Morgan fingerprint density at radius 1 is 0.538 bits per heavy atom. The van der Waals surface area contributed by atoms with Gasteiger partial charge in [-0.2, -0.15) is 0 Å². The first kappa shape index (κ1) is 29.2. The van der Waals surface area contributed by atoms with Crippen LogP contribution in [0.1, 0.15) is 0 Å². The largest absolute Gasteiger partial charge is 4.00 e. The third-order valence-corrected chi connectivity index (χ3v) is 0. The molecule has 0 bridgehead atoms. The van der Waals surface area contributed by atoms with Crippen LogP contribution < -0.4 is 19.6 Å². The Labute approximate surface area is 93.8 Å². The van der Waals surface area contributed by atoms with Crippen molar-refractivity contribution in [2.45, 2.75) is 0 Å². The summed E-state index contributed by atoms with van der Waals surface area (Å²) < 4.78 is 33.4. The molecule has 0 amide bonds. The Morgan fingerprint density at radius 3 is 0.538 bits per heavy atom. The molecule has 74 valence electrons. The van der Waals surface area contributed by atoms with Gasteiger partial charge in [-0.25, -0.2) is 0 Å². The van der Waals surface area contributed by atoms with E-state index in [0.29, 0.717) is 0 Å². The van der Waals surface area contributed by atoms with Gasteiger partial charge in [0.1, 0.15) is 0 Å². The minimum absolute atomic E-state index is 0. The second-order valence-electron chi connectivity index (χ2n) is 0.298. The molecule has 0 aromatic rings. The summed E-state index contributed by atoms with van der Waals surface area (Å²) in [6.07, 6.45) is 0. The summed E-state index contributed by atoms with van der Waals surface area (Å²) in [5, 5.41) is 0. The quantitative estimate of drug-likeness (QED) is 0.403. The molecule has 0 fully saturated rings. The zero-order valence-electron chi connectivity index (χ0n) is 5.46. The Bertz CT molecular complexity index is 70.1. The first-order chi connectivity index (χ1) is 5.66. The summed E-state index contributed by atoms with van der Waals surface area (Å²) in [6.45, 7) is 0. The third-order valence-electron chi connectivity index (χ3n) is 0. The molecule has 13 heavy (non-hydrogen) atoms. The molecule has 0 aliphatic heterocycles. The van der Waals surface area contributed by atoms with E-state index in [1.165, 1.54) is 0 Å². The van der Waals surface area contributed by atoms with Crippen molar-refractivity contribution in [3.63, 3.8) is 0 Å². The zero-order chi connectivity index (χ0) is 10.8. The average molecular weight is 436 g/mol. The SMILES string of the molecule is O=P[O-].O=P[O-].O=P[O-].O=P[O-].[W+4]. The van der Waals surface area contributed by atoms with Gasteiger partial charge in [0.05, 0.1) is 34.7 Å². The van der Waals surface area contributed by atoms with Crippen molar-refractivity contribution in [1.29, 1.82) is 0 Å². The van der Waals surface area contributed by atoms with Crippen LogP contribution in [0, 0.1) is 0 Å². The summed E-state index contributed by atoms with van der Waals surface area (Å²) in [4.78, 5) is 33.4. The zero-order valence-corrected chi connectivity index (χ0v) is 12.0. The van der Waals surface area contributed by atoms with E-state index >= 15 is 0 Å². The monoisotopic (exact) mass is 436 g/mol. The summed E-state index contributed by atoms with van der Waals surface area (Å²) in [5.74, 6) is 0. The minimum atomic E-state index is -1.08. The minimum Gasteiger partial charge on any atom is -0.772 e. The van der Waals surface area contributed by atoms with Crippen molar-refractivity contribution < 1.29 is 58.9 Å². The Balaban J connectivity index is -0.0000000213. The van der Waals surface area contributed by atoms with Crippen molar-refractivity contribution in [1.82, 2.24) is 0 Å². The van der Waals surface area contributed by atoms with Crippen molar-refractivity contribution in [2.75, 3.05) is 0 Å². The number of rotatable bonds is 0. The molecule has 0 atom stereocenters. The van der Waals surface area contributed by atoms with E-state index in [1.54, 1.807) is 0 Å². The van der Waals surface area contributed by atoms with Crippen LogP contribution in [0.25, 0.3) is 0 Å². The smallest absolute Gasteiger partial charge is 0.772 e. The number of hydrogen-bond acceptors (Lipinski definition) is 8. The second-order valence-corrected chi connectivity index (χ2v) is 0.894. The summed E-state index contributed by atoms with van der Waals surface area (Å²) in [5.41, 5.74) is 0. The van der Waals surface area contributed by atoms with Gasteiger partial charge in [-0.3, -0.25) is 18.3 Å². The molecular weight excluding hydrogens is 436 g/mol. The molecule has 0 saturated carbocycles. The van der Waals surface area contributed by atoms with Gasteiger partial charge in [-0.05, 0) is 0 Å². The van der Waals surface area contributed by atoms with Crippen molar-refractivity contribution >= 4 is 34.7 Å². The standard InChI is InChI=1S/4HO2P.W/c4*1-3-2;/h4*(H,1,2);/q;;;;+4/p-4. The van der Waals surface area contributed by atoms with Gasteiger partial charge in [0.25, 0.3) is 0 Å². The van der Waals surface area contributed by atoms with Crippen LogP contribution in [0.15, 0.2) is 0 Å². The fraction of sp³-hybridized carbons (Fsp3) is 0. The predicted molar refractivity (Wildman–Crippen MR) is 30.4 cm³/mol. The van der Waals surface area contributed by atoms with Crippen LogP contribution in [-0.4, -0.2) is 0 Å². The van der Waals surface area contributed by atoms with Gasteiger partial charge in [-0.1, -0.05) is 0 Å². The molecule has 0 saturated heterocycles. The average Bonchev–Trinajstić information content (AvgIpc) is 1.92. The molecule has 13 heteroatoms. The molecule has 0 spiro atoms. The summed E-state index contributed by atoms with van der Waals surface area (Å²) >= 11 is 0. The first-order valence-electron chi connectivity index (χ1n) is 1.46. The Morgan fingerprint density at radius 2 is 0.538 bits per heavy atom. The Hall–Kier alpha value is 0.928. The molecule has 0 aromatic heterocycles. The van der Waals surface area contributed by atoms with Crippen LogP contribution in [0.4, 0.5) is 0 Å². The fourth-order valence-electron chi connectivity index (χ4n) is 0. The van der Waals surface area contributed by atoms with E-state index in [4.69, 9.17) is 37.8 Å². The predicted octanol–water partition coefficient (Wildman–Crippen LogP) is -1.79. The van der Waals surface area contributed by atoms with Gasteiger partial charge in [0.2, 0.25) is 0 Å². The molecule has 8 nitrogen and oxygen atoms in total. The van der Waals surface area contributed by atoms with E-state index in [9.17, 15) is 0 Å². The topological polar surface area (TPSA) is 161 Å². The first-order valence-corrected chi connectivity index (χ1v) is 4.38. The van der Waals surface area contributed by atoms with Crippen LogP contribution in [0.3, 0.4) is 0 Å². The molecule has 0 aliphatic carbocycles. The van der Waals surface area contributed by atoms with Gasteiger partial charge >= 0.3 is 21.1 Å². The molecule has 0 unspecified atom stereocenters. The molecule has 0 radical (unpaired) electrons. The van der Waals surface area contributed by atoms with Crippen molar-refractivity contribution in [3.8, 4) is 0 Å². The normalized spacial score (nSPS) is 6.46. The van der Waals surface area contributed by atoms with E-state index < -0.39 is 34.7 Å². The van der Waals surface area contributed by atoms with Gasteiger partial charge in [-0.15, -0.1) is 0 Å². The maximum Gasteiger partial charge on any atom is 4.00 e. The van der Waals surface area contributed by atoms with Crippen LogP contribution >= 0.6 is 34.7 Å². The van der Waals surface area contributed by atoms with Gasteiger partial charge in [0.15, 0.2) is 0 Å². The molecular formula is O8P4W. The number of hydrogen-bond donors (Lipinski definition) is 0. The molecule has 0 N–H and O–H groups in total. The second kappa shape index (κ2) is 75.7. The molecule has 0 aliphatic rings. The van der Waals surface area contributed by atoms with Crippen molar-refractivity contribution in [3.05, 3.63) is 0 Å². The van der Waals surface area contributed by atoms with Gasteiger partial charge < -0.3 is 19.6 Å². The van der Waals surface area contributed by atoms with Crippen LogP contribution in [0.2, 0.25) is 0 Å². The van der Waals surface area contributed by atoms with Gasteiger partial charge in [0, 0.05) is 0 Å². The summed E-state index contributed by atoms with van der Waals surface area (Å²) in [6, 6.07) is 0. The van der Waals surface area contributed by atoms with E-state index in [1.807, 2.05) is 0 Å². The molecule has 0 aromatic carbocycles. The van der Waals surface area contributed by atoms with E-state index in [2.05, 4.69) is 0 Å². The maximum absolute atomic E-state index is 8.35. The third kappa shape index (κ3) is 1790. The fourth-order valence-corrected chi connectivity index (χ4v) is 0. The Kier molecular flexibility index (Phi) is 170. The molecule has 0 rings (SSSR count). The van der Waals surface area contributed by atoms with E-state index in [-0.39, 0.29) is 21.1 Å². The van der Waals surface area contributed by atoms with Crippen LogP contribution in [0.5, 0.6) is 0 Å². The van der Waals surface area contributed by atoms with Crippen molar-refractivity contribution in [2.24, 2.45) is 0 Å². The summed E-state index contributed by atoms with van der Waals surface area (Å²) in [7, 11) is -4.33.